The minimum absolute atomic E-state index is 0.722. The molecule has 0 aromatic carbocycles. The number of thiophene rings is 1. The molecular formula is C12H20N2S. The van der Waals surface area contributed by atoms with E-state index >= 15 is 0 Å². The second kappa shape index (κ2) is 5.10. The van der Waals surface area contributed by atoms with Gasteiger partial charge in [-0.25, -0.2) is 0 Å². The van der Waals surface area contributed by atoms with Crippen molar-refractivity contribution in [3.8, 4) is 0 Å². The van der Waals surface area contributed by atoms with Crippen molar-refractivity contribution in [2.24, 2.45) is 0 Å². The molecule has 84 valence electrons. The Morgan fingerprint density at radius 3 is 2.93 bits per heavy atom. The first-order valence-corrected chi connectivity index (χ1v) is 6.56. The van der Waals surface area contributed by atoms with Gasteiger partial charge in [0.25, 0.3) is 0 Å². The molecule has 2 unspecified atom stereocenters. The molecule has 1 aromatic heterocycles. The highest BCUT2D eigenvalue weighted by atomic mass is 32.1. The summed E-state index contributed by atoms with van der Waals surface area (Å²) in [7, 11) is 4.37. The number of nitrogens with one attached hydrogen (secondary N) is 1. The van der Waals surface area contributed by atoms with E-state index in [2.05, 4.69) is 41.8 Å². The van der Waals surface area contributed by atoms with E-state index in [1.807, 2.05) is 11.3 Å². The van der Waals surface area contributed by atoms with Crippen LogP contribution in [0.2, 0.25) is 0 Å². The quantitative estimate of drug-likeness (QED) is 0.844. The lowest BCUT2D eigenvalue weighted by molar-refractivity contribution is 0.293. The minimum Gasteiger partial charge on any atom is -0.309 e. The van der Waals surface area contributed by atoms with Gasteiger partial charge in [0, 0.05) is 23.5 Å². The SMILES string of the molecule is CN(C)C1CCC(NCc2cccs2)C1. The summed E-state index contributed by atoms with van der Waals surface area (Å²) in [6, 6.07) is 5.83. The lowest BCUT2D eigenvalue weighted by Crippen LogP contribution is -2.30. The third-order valence-electron chi connectivity index (χ3n) is 3.28. The highest BCUT2D eigenvalue weighted by molar-refractivity contribution is 7.09. The summed E-state index contributed by atoms with van der Waals surface area (Å²) in [6.45, 7) is 1.04. The molecule has 1 aliphatic rings. The zero-order valence-corrected chi connectivity index (χ0v) is 10.4. The molecule has 1 fully saturated rings. The van der Waals surface area contributed by atoms with Gasteiger partial charge in [0.2, 0.25) is 0 Å². The van der Waals surface area contributed by atoms with E-state index in [1.165, 1.54) is 24.1 Å². The normalized spacial score (nSPS) is 26.3. The summed E-state index contributed by atoms with van der Waals surface area (Å²) < 4.78 is 0. The minimum atomic E-state index is 0.722. The van der Waals surface area contributed by atoms with E-state index in [0.29, 0.717) is 0 Å². The van der Waals surface area contributed by atoms with Crippen molar-refractivity contribution in [1.29, 1.82) is 0 Å². The monoisotopic (exact) mass is 224 g/mol. The van der Waals surface area contributed by atoms with Crippen molar-refractivity contribution in [1.82, 2.24) is 10.2 Å². The van der Waals surface area contributed by atoms with Gasteiger partial charge >= 0.3 is 0 Å². The van der Waals surface area contributed by atoms with Crippen molar-refractivity contribution < 1.29 is 0 Å². The Morgan fingerprint density at radius 1 is 1.47 bits per heavy atom. The molecule has 2 nitrogen and oxygen atoms in total. The Labute approximate surface area is 96.3 Å². The Balaban J connectivity index is 1.73. The van der Waals surface area contributed by atoms with E-state index in [0.717, 1.165) is 18.6 Å². The maximum atomic E-state index is 3.65. The Kier molecular flexibility index (Phi) is 3.78. The Bertz CT molecular complexity index is 282. The van der Waals surface area contributed by atoms with Gasteiger partial charge in [-0.3, -0.25) is 0 Å². The lowest BCUT2D eigenvalue weighted by Gasteiger charge is -2.19. The van der Waals surface area contributed by atoms with Crippen LogP contribution in [0.25, 0.3) is 0 Å². The topological polar surface area (TPSA) is 15.3 Å². The molecule has 0 aliphatic heterocycles. The van der Waals surface area contributed by atoms with Crippen LogP contribution in [0.4, 0.5) is 0 Å². The van der Waals surface area contributed by atoms with Gasteiger partial charge < -0.3 is 10.2 Å². The zero-order valence-electron chi connectivity index (χ0n) is 9.57. The van der Waals surface area contributed by atoms with Crippen molar-refractivity contribution in [3.05, 3.63) is 22.4 Å². The van der Waals surface area contributed by atoms with Crippen LogP contribution in [-0.4, -0.2) is 31.1 Å². The number of hydrogen-bond donors (Lipinski definition) is 1. The predicted octanol–water partition coefficient (Wildman–Crippen LogP) is 2.32. The molecule has 0 saturated heterocycles. The van der Waals surface area contributed by atoms with E-state index < -0.39 is 0 Å². The lowest BCUT2D eigenvalue weighted by atomic mass is 10.2. The van der Waals surface area contributed by atoms with Crippen LogP contribution in [-0.2, 0) is 6.54 Å². The first-order chi connectivity index (χ1) is 7.25. The van der Waals surface area contributed by atoms with Crippen molar-refractivity contribution >= 4 is 11.3 Å². The average molecular weight is 224 g/mol. The fraction of sp³-hybridized carbons (Fsp3) is 0.667. The van der Waals surface area contributed by atoms with Gasteiger partial charge in [0.05, 0.1) is 0 Å². The van der Waals surface area contributed by atoms with Crippen LogP contribution in [0, 0.1) is 0 Å². The van der Waals surface area contributed by atoms with Gasteiger partial charge in [0.15, 0.2) is 0 Å². The van der Waals surface area contributed by atoms with Gasteiger partial charge in [-0.2, -0.15) is 0 Å². The second-order valence-electron chi connectivity index (χ2n) is 4.59. The fourth-order valence-electron chi connectivity index (χ4n) is 2.27. The van der Waals surface area contributed by atoms with E-state index in [4.69, 9.17) is 0 Å². The summed E-state index contributed by atoms with van der Waals surface area (Å²) in [5.74, 6) is 0. The fourth-order valence-corrected chi connectivity index (χ4v) is 2.93. The number of nitrogens with zero attached hydrogens (tertiary/aromatic N) is 1. The Hall–Kier alpha value is -0.380. The molecule has 2 atom stereocenters. The molecule has 1 aliphatic carbocycles. The van der Waals surface area contributed by atoms with Crippen molar-refractivity contribution in [2.45, 2.75) is 37.9 Å². The van der Waals surface area contributed by atoms with Gasteiger partial charge in [-0.1, -0.05) is 6.07 Å². The van der Waals surface area contributed by atoms with Gasteiger partial charge in [-0.15, -0.1) is 11.3 Å². The summed E-state index contributed by atoms with van der Waals surface area (Å²) in [5.41, 5.74) is 0. The van der Waals surface area contributed by atoms with Crippen LogP contribution >= 0.6 is 11.3 Å². The summed E-state index contributed by atoms with van der Waals surface area (Å²) in [6.07, 6.45) is 3.97. The molecular weight excluding hydrogens is 204 g/mol. The summed E-state index contributed by atoms with van der Waals surface area (Å²) in [4.78, 5) is 3.80. The van der Waals surface area contributed by atoms with Crippen LogP contribution in [0.3, 0.4) is 0 Å². The first-order valence-electron chi connectivity index (χ1n) is 5.68. The highest BCUT2D eigenvalue weighted by Crippen LogP contribution is 2.23. The molecule has 0 radical (unpaired) electrons. The van der Waals surface area contributed by atoms with Crippen LogP contribution in [0.1, 0.15) is 24.1 Å². The molecule has 3 heteroatoms. The van der Waals surface area contributed by atoms with Crippen molar-refractivity contribution in [2.75, 3.05) is 14.1 Å². The largest absolute Gasteiger partial charge is 0.309 e. The molecule has 1 saturated carbocycles. The highest BCUT2D eigenvalue weighted by Gasteiger charge is 2.25. The van der Waals surface area contributed by atoms with Crippen LogP contribution in [0.15, 0.2) is 17.5 Å². The summed E-state index contributed by atoms with van der Waals surface area (Å²) in [5, 5.41) is 5.80. The van der Waals surface area contributed by atoms with Crippen LogP contribution in [0.5, 0.6) is 0 Å². The first kappa shape index (κ1) is 11.1. The smallest absolute Gasteiger partial charge is 0.0302 e. The van der Waals surface area contributed by atoms with Crippen LogP contribution < -0.4 is 5.32 Å². The van der Waals surface area contributed by atoms with Crippen molar-refractivity contribution in [3.63, 3.8) is 0 Å². The molecule has 1 aromatic rings. The average Bonchev–Trinajstić information content (AvgIpc) is 2.86. The maximum absolute atomic E-state index is 3.65. The molecule has 2 rings (SSSR count). The maximum Gasteiger partial charge on any atom is 0.0302 e. The Morgan fingerprint density at radius 2 is 2.33 bits per heavy atom. The van der Waals surface area contributed by atoms with Gasteiger partial charge in [0.1, 0.15) is 0 Å². The summed E-state index contributed by atoms with van der Waals surface area (Å²) >= 11 is 1.84. The van der Waals surface area contributed by atoms with E-state index in [-0.39, 0.29) is 0 Å². The third-order valence-corrected chi connectivity index (χ3v) is 4.16. The van der Waals surface area contributed by atoms with E-state index in [1.54, 1.807) is 0 Å². The standard InChI is InChI=1S/C12H20N2S/c1-14(2)11-6-5-10(8-11)13-9-12-4-3-7-15-12/h3-4,7,10-11,13H,5-6,8-9H2,1-2H3. The predicted molar refractivity (Wildman–Crippen MR) is 66.3 cm³/mol. The molecule has 15 heavy (non-hydrogen) atoms. The number of hydrogen-bond acceptors (Lipinski definition) is 3. The molecule has 0 amide bonds. The third kappa shape index (κ3) is 3.03. The second-order valence-corrected chi connectivity index (χ2v) is 5.62. The zero-order chi connectivity index (χ0) is 10.7. The molecule has 0 spiro atoms. The van der Waals surface area contributed by atoms with E-state index in [9.17, 15) is 0 Å². The number of rotatable bonds is 4. The molecule has 1 N–H and O–H groups in total. The molecule has 0 bridgehead atoms. The van der Waals surface area contributed by atoms with Gasteiger partial charge in [-0.05, 0) is 44.8 Å². The molecule has 1 heterocycles.